The average Bonchev–Trinajstić information content (AvgIpc) is 3.19. The van der Waals surface area contributed by atoms with E-state index in [1.807, 2.05) is 31.2 Å². The lowest BCUT2D eigenvalue weighted by atomic mass is 9.90. The fourth-order valence-corrected chi connectivity index (χ4v) is 5.97. The molecule has 0 N–H and O–H groups in total. The molecule has 33 heavy (non-hydrogen) atoms. The summed E-state index contributed by atoms with van der Waals surface area (Å²) in [4.78, 5) is 26.6. The van der Waals surface area contributed by atoms with E-state index >= 15 is 0 Å². The topological polar surface area (TPSA) is 69.5 Å². The van der Waals surface area contributed by atoms with Crippen LogP contribution in [0.1, 0.15) is 30.5 Å². The Bertz CT molecular complexity index is 1450. The molecule has 0 spiro atoms. The molecule has 0 unspecified atom stereocenters. The van der Waals surface area contributed by atoms with Gasteiger partial charge in [-0.15, -0.1) is 11.3 Å². The molecule has 0 bridgehead atoms. The molecular weight excluding hydrogens is 436 g/mol. The van der Waals surface area contributed by atoms with Crippen LogP contribution < -0.4 is 10.5 Å². The summed E-state index contributed by atoms with van der Waals surface area (Å²) in [6, 6.07) is 7.88. The number of thiophene rings is 1. The minimum absolute atomic E-state index is 0.0507. The first kappa shape index (κ1) is 20.8. The van der Waals surface area contributed by atoms with Crippen molar-refractivity contribution < 1.29 is 9.47 Å². The van der Waals surface area contributed by atoms with Crippen LogP contribution in [0.2, 0.25) is 0 Å². The highest BCUT2D eigenvalue weighted by atomic mass is 32.1. The average molecular weight is 463 g/mol. The molecule has 7 nitrogen and oxygen atoms in total. The molecule has 3 aromatic heterocycles. The second kappa shape index (κ2) is 7.62. The summed E-state index contributed by atoms with van der Waals surface area (Å²) in [6.45, 7) is 9.73. The minimum atomic E-state index is -0.284. The summed E-state index contributed by atoms with van der Waals surface area (Å²) in [6.07, 6.45) is 2.42. The zero-order valence-electron chi connectivity index (χ0n) is 19.1. The van der Waals surface area contributed by atoms with Crippen LogP contribution in [-0.4, -0.2) is 46.4 Å². The van der Waals surface area contributed by atoms with Crippen molar-refractivity contribution in [3.63, 3.8) is 0 Å². The molecule has 0 aliphatic carbocycles. The first-order valence-corrected chi connectivity index (χ1v) is 12.1. The van der Waals surface area contributed by atoms with E-state index < -0.39 is 0 Å². The van der Waals surface area contributed by atoms with Gasteiger partial charge in [-0.2, -0.15) is 0 Å². The molecule has 170 valence electrons. The fraction of sp³-hybridized carbons (Fsp3) is 0.400. The highest BCUT2D eigenvalue weighted by Gasteiger charge is 2.33. The molecule has 0 radical (unpaired) electrons. The molecule has 0 saturated carbocycles. The van der Waals surface area contributed by atoms with E-state index in [2.05, 4.69) is 18.7 Å². The summed E-state index contributed by atoms with van der Waals surface area (Å²) in [5.74, 6) is 0.960. The molecule has 4 aromatic rings. The number of aryl methyl sites for hydroxylation is 1. The number of ether oxygens (including phenoxy) is 2. The SMILES string of the molecule is Cc1ccccc1-n1cnc2c(sc3nc(N4CCOCC4)c4c(c32)CC(C)(C)OC4)c1=O. The fourth-order valence-electron chi connectivity index (χ4n) is 4.89. The van der Waals surface area contributed by atoms with Crippen molar-refractivity contribution in [1.29, 1.82) is 0 Å². The van der Waals surface area contributed by atoms with Crippen molar-refractivity contribution in [3.8, 4) is 5.69 Å². The molecule has 0 atom stereocenters. The summed E-state index contributed by atoms with van der Waals surface area (Å²) in [7, 11) is 0. The van der Waals surface area contributed by atoms with E-state index in [9.17, 15) is 4.79 Å². The first-order chi connectivity index (χ1) is 15.9. The monoisotopic (exact) mass is 462 g/mol. The van der Waals surface area contributed by atoms with Gasteiger partial charge in [0.15, 0.2) is 0 Å². The number of nitrogens with zero attached hydrogens (tertiary/aromatic N) is 4. The van der Waals surface area contributed by atoms with Gasteiger partial charge in [0.1, 0.15) is 21.7 Å². The molecule has 1 fully saturated rings. The Morgan fingerprint density at radius 1 is 1.12 bits per heavy atom. The Hall–Kier alpha value is -2.81. The normalized spacial score (nSPS) is 18.1. The Kier molecular flexibility index (Phi) is 4.79. The molecule has 8 heteroatoms. The van der Waals surface area contributed by atoms with E-state index in [4.69, 9.17) is 19.4 Å². The second-order valence-electron chi connectivity index (χ2n) is 9.38. The van der Waals surface area contributed by atoms with Crippen molar-refractivity contribution in [3.05, 3.63) is 57.6 Å². The maximum atomic E-state index is 13.6. The van der Waals surface area contributed by atoms with Crippen molar-refractivity contribution in [2.45, 2.75) is 39.4 Å². The standard InChI is InChI=1S/C25H26N4O3S/c1-15-6-4-5-7-18(15)29-14-26-20-19-16-12-25(2,3)32-13-17(16)22(28-8-10-31-11-9-28)27-23(19)33-21(20)24(29)30/h4-7,14H,8-13H2,1-3H3. The van der Waals surface area contributed by atoms with Crippen LogP contribution in [-0.2, 0) is 22.5 Å². The number of anilines is 1. The van der Waals surface area contributed by atoms with Gasteiger partial charge in [-0.3, -0.25) is 9.36 Å². The van der Waals surface area contributed by atoms with Crippen LogP contribution in [0.5, 0.6) is 0 Å². The third-order valence-corrected chi connectivity index (χ3v) is 7.68. The summed E-state index contributed by atoms with van der Waals surface area (Å²) in [5.41, 5.74) is 4.63. The number of hydrogen-bond acceptors (Lipinski definition) is 7. The molecule has 0 amide bonds. The molecule has 2 aliphatic heterocycles. The van der Waals surface area contributed by atoms with Crippen LogP contribution in [0.4, 0.5) is 5.82 Å². The van der Waals surface area contributed by atoms with Crippen LogP contribution in [0.25, 0.3) is 26.1 Å². The van der Waals surface area contributed by atoms with Crippen LogP contribution in [0.15, 0.2) is 35.4 Å². The van der Waals surface area contributed by atoms with Gasteiger partial charge in [0.05, 0.1) is 36.6 Å². The third kappa shape index (κ3) is 3.36. The summed E-state index contributed by atoms with van der Waals surface area (Å²) in [5, 5.41) is 1.01. The molecule has 6 rings (SSSR count). The van der Waals surface area contributed by atoms with E-state index in [1.54, 1.807) is 10.9 Å². The zero-order chi connectivity index (χ0) is 22.7. The minimum Gasteiger partial charge on any atom is -0.378 e. The predicted octanol–water partition coefficient (Wildman–Crippen LogP) is 3.99. The van der Waals surface area contributed by atoms with E-state index in [1.165, 1.54) is 16.9 Å². The molecule has 1 saturated heterocycles. The zero-order valence-corrected chi connectivity index (χ0v) is 19.9. The second-order valence-corrected chi connectivity index (χ2v) is 10.4. The van der Waals surface area contributed by atoms with Crippen molar-refractivity contribution >= 4 is 37.6 Å². The predicted molar refractivity (Wildman–Crippen MR) is 131 cm³/mol. The molecule has 2 aliphatic rings. The molecule has 1 aromatic carbocycles. The smallest absolute Gasteiger partial charge is 0.275 e. The number of benzene rings is 1. The number of aromatic nitrogens is 3. The third-order valence-electron chi connectivity index (χ3n) is 6.62. The van der Waals surface area contributed by atoms with Crippen LogP contribution in [0, 0.1) is 6.92 Å². The number of para-hydroxylation sites is 1. The van der Waals surface area contributed by atoms with Crippen molar-refractivity contribution in [1.82, 2.24) is 14.5 Å². The van der Waals surface area contributed by atoms with Crippen molar-refractivity contribution in [2.75, 3.05) is 31.2 Å². The first-order valence-electron chi connectivity index (χ1n) is 11.3. The number of morpholine rings is 1. The van der Waals surface area contributed by atoms with Gasteiger partial charge in [-0.1, -0.05) is 18.2 Å². The quantitative estimate of drug-likeness (QED) is 0.449. The van der Waals surface area contributed by atoms with E-state index in [-0.39, 0.29) is 11.2 Å². The Labute approximate surface area is 195 Å². The number of pyridine rings is 1. The highest BCUT2D eigenvalue weighted by Crippen LogP contribution is 2.42. The van der Waals surface area contributed by atoms with Gasteiger partial charge in [0.2, 0.25) is 0 Å². The maximum Gasteiger partial charge on any atom is 0.275 e. The summed E-state index contributed by atoms with van der Waals surface area (Å²) >= 11 is 1.45. The number of fused-ring (bicyclic) bond motifs is 5. The van der Waals surface area contributed by atoms with Crippen molar-refractivity contribution in [2.24, 2.45) is 0 Å². The van der Waals surface area contributed by atoms with Gasteiger partial charge in [0.25, 0.3) is 5.56 Å². The van der Waals surface area contributed by atoms with Gasteiger partial charge in [0, 0.05) is 30.5 Å². The maximum absolute atomic E-state index is 13.6. The Morgan fingerprint density at radius 2 is 1.91 bits per heavy atom. The number of hydrogen-bond donors (Lipinski definition) is 0. The lowest BCUT2D eigenvalue weighted by molar-refractivity contribution is -0.0396. The highest BCUT2D eigenvalue weighted by molar-refractivity contribution is 7.25. The lowest BCUT2D eigenvalue weighted by Gasteiger charge is -2.36. The van der Waals surface area contributed by atoms with Crippen LogP contribution in [0.3, 0.4) is 0 Å². The molecular formula is C25H26N4O3S. The van der Waals surface area contributed by atoms with Crippen LogP contribution >= 0.6 is 11.3 Å². The van der Waals surface area contributed by atoms with Gasteiger partial charge in [-0.25, -0.2) is 9.97 Å². The largest absolute Gasteiger partial charge is 0.378 e. The van der Waals surface area contributed by atoms with Gasteiger partial charge in [-0.05, 0) is 38.0 Å². The van der Waals surface area contributed by atoms with E-state index in [0.29, 0.717) is 24.5 Å². The van der Waals surface area contributed by atoms with Gasteiger partial charge >= 0.3 is 0 Å². The lowest BCUT2D eigenvalue weighted by Crippen LogP contribution is -2.39. The Balaban J connectivity index is 1.63. The van der Waals surface area contributed by atoms with Gasteiger partial charge < -0.3 is 14.4 Å². The number of rotatable bonds is 2. The Morgan fingerprint density at radius 3 is 2.70 bits per heavy atom. The summed E-state index contributed by atoms with van der Waals surface area (Å²) < 4.78 is 14.1. The van der Waals surface area contributed by atoms with E-state index in [0.717, 1.165) is 57.9 Å². The molecule has 5 heterocycles.